The molecule has 1 aromatic heterocycles. The van der Waals surface area contributed by atoms with Gasteiger partial charge < -0.3 is 0 Å². The molecule has 0 amide bonds. The first-order valence-corrected chi connectivity index (χ1v) is 4.95. The van der Waals surface area contributed by atoms with Crippen LogP contribution in [-0.4, -0.2) is 16.1 Å². The number of carbonyl (C=O) groups excluding carboxylic acids is 1. The fourth-order valence-electron chi connectivity index (χ4n) is 1.26. The Morgan fingerprint density at radius 2 is 2.27 bits per heavy atom. The number of rotatable bonds is 2. The van der Waals surface area contributed by atoms with Gasteiger partial charge >= 0.3 is 0 Å². The Bertz CT molecular complexity index is 510. The summed E-state index contributed by atoms with van der Waals surface area (Å²) in [6.45, 7) is 0. The minimum absolute atomic E-state index is 0.269. The maximum atomic E-state index is 12.9. The molecule has 0 aliphatic carbocycles. The number of halogens is 2. The monoisotopic (exact) mass is 268 g/mol. The van der Waals surface area contributed by atoms with Crippen molar-refractivity contribution in [2.24, 2.45) is 0 Å². The van der Waals surface area contributed by atoms with Gasteiger partial charge in [0.15, 0.2) is 6.29 Å². The molecule has 1 aromatic carbocycles. The van der Waals surface area contributed by atoms with Gasteiger partial charge in [0.25, 0.3) is 0 Å². The molecule has 15 heavy (non-hydrogen) atoms. The van der Waals surface area contributed by atoms with Gasteiger partial charge in [-0.1, -0.05) is 0 Å². The van der Waals surface area contributed by atoms with Crippen molar-refractivity contribution in [1.82, 2.24) is 9.78 Å². The Morgan fingerprint density at radius 1 is 1.47 bits per heavy atom. The zero-order valence-electron chi connectivity index (χ0n) is 7.52. The largest absolute Gasteiger partial charge is 0.298 e. The summed E-state index contributed by atoms with van der Waals surface area (Å²) < 4.78 is 15.2. The molecule has 0 saturated carbocycles. The van der Waals surface area contributed by atoms with Crippen molar-refractivity contribution >= 4 is 22.2 Å². The Labute approximate surface area is 93.7 Å². The van der Waals surface area contributed by atoms with Gasteiger partial charge in [0.05, 0.1) is 16.4 Å². The zero-order chi connectivity index (χ0) is 10.8. The van der Waals surface area contributed by atoms with E-state index in [2.05, 4.69) is 21.0 Å². The molecule has 2 aromatic rings. The summed E-state index contributed by atoms with van der Waals surface area (Å²) in [5.74, 6) is -0.438. The van der Waals surface area contributed by atoms with Crippen molar-refractivity contribution in [1.29, 1.82) is 0 Å². The van der Waals surface area contributed by atoms with Gasteiger partial charge in [-0.25, -0.2) is 9.07 Å². The van der Waals surface area contributed by atoms with E-state index in [1.807, 2.05) is 0 Å². The highest BCUT2D eigenvalue weighted by Crippen LogP contribution is 2.16. The van der Waals surface area contributed by atoms with Crippen molar-refractivity contribution < 1.29 is 9.18 Å². The second-order valence-electron chi connectivity index (χ2n) is 2.92. The molecule has 0 radical (unpaired) electrons. The van der Waals surface area contributed by atoms with Crippen LogP contribution in [0.2, 0.25) is 0 Å². The number of hydrogen-bond donors (Lipinski definition) is 0. The third kappa shape index (κ3) is 1.97. The van der Waals surface area contributed by atoms with Crippen LogP contribution in [0.5, 0.6) is 0 Å². The highest BCUT2D eigenvalue weighted by molar-refractivity contribution is 9.10. The van der Waals surface area contributed by atoms with Crippen LogP contribution in [0.4, 0.5) is 4.39 Å². The van der Waals surface area contributed by atoms with Crippen LogP contribution in [0.3, 0.4) is 0 Å². The first-order chi connectivity index (χ1) is 7.20. The second-order valence-corrected chi connectivity index (χ2v) is 3.84. The molecular weight excluding hydrogens is 263 g/mol. The lowest BCUT2D eigenvalue weighted by molar-refractivity contribution is 0.112. The van der Waals surface area contributed by atoms with E-state index in [-0.39, 0.29) is 5.56 Å². The number of carbonyl (C=O) groups is 1. The van der Waals surface area contributed by atoms with E-state index >= 15 is 0 Å². The van der Waals surface area contributed by atoms with Crippen molar-refractivity contribution in [2.45, 2.75) is 0 Å². The summed E-state index contributed by atoms with van der Waals surface area (Å²) in [5.41, 5.74) is 0.822. The van der Waals surface area contributed by atoms with E-state index in [4.69, 9.17) is 0 Å². The van der Waals surface area contributed by atoms with E-state index in [1.54, 1.807) is 12.4 Å². The smallest absolute Gasteiger partial charge is 0.152 e. The molecule has 0 fully saturated rings. The van der Waals surface area contributed by atoms with Gasteiger partial charge in [-0.15, -0.1) is 0 Å². The summed E-state index contributed by atoms with van der Waals surface area (Å²) in [4.78, 5) is 10.7. The third-order valence-electron chi connectivity index (χ3n) is 1.91. The van der Waals surface area contributed by atoms with Crippen molar-refractivity contribution in [3.63, 3.8) is 0 Å². The molecule has 0 bridgehead atoms. The number of aldehydes is 1. The molecular formula is C10H6BrFN2O. The van der Waals surface area contributed by atoms with Crippen LogP contribution in [-0.2, 0) is 0 Å². The maximum Gasteiger partial charge on any atom is 0.152 e. The predicted molar refractivity (Wildman–Crippen MR) is 56.6 cm³/mol. The molecule has 0 saturated heterocycles. The summed E-state index contributed by atoms with van der Waals surface area (Å²) >= 11 is 3.24. The first-order valence-electron chi connectivity index (χ1n) is 4.16. The van der Waals surface area contributed by atoms with Crippen LogP contribution in [0, 0.1) is 5.82 Å². The molecule has 3 nitrogen and oxygen atoms in total. The lowest BCUT2D eigenvalue weighted by atomic mass is 10.2. The standard InChI is InChI=1S/C10H6BrFN2O/c11-8-4-13-14(5-8)10-2-1-9(12)3-7(10)6-15/h1-6H. The molecule has 76 valence electrons. The van der Waals surface area contributed by atoms with Crippen LogP contribution < -0.4 is 0 Å². The van der Waals surface area contributed by atoms with Crippen molar-refractivity contribution in [2.75, 3.05) is 0 Å². The quantitative estimate of drug-likeness (QED) is 0.785. The van der Waals surface area contributed by atoms with Crippen molar-refractivity contribution in [3.8, 4) is 5.69 Å². The van der Waals surface area contributed by atoms with Crippen LogP contribution >= 0.6 is 15.9 Å². The molecule has 0 aliphatic heterocycles. The Hall–Kier alpha value is -1.49. The first kappa shape index (κ1) is 10.0. The Kier molecular flexibility index (Phi) is 2.64. The number of nitrogens with zero attached hydrogens (tertiary/aromatic N) is 2. The fraction of sp³-hybridized carbons (Fsp3) is 0. The summed E-state index contributed by atoms with van der Waals surface area (Å²) in [7, 11) is 0. The summed E-state index contributed by atoms with van der Waals surface area (Å²) in [6, 6.07) is 3.98. The minimum Gasteiger partial charge on any atom is -0.298 e. The SMILES string of the molecule is O=Cc1cc(F)ccc1-n1cc(Br)cn1. The summed E-state index contributed by atoms with van der Waals surface area (Å²) in [5, 5.41) is 4.01. The van der Waals surface area contributed by atoms with Gasteiger partial charge in [-0.05, 0) is 34.1 Å². The molecule has 0 unspecified atom stereocenters. The van der Waals surface area contributed by atoms with Crippen LogP contribution in [0.25, 0.3) is 5.69 Å². The minimum atomic E-state index is -0.438. The van der Waals surface area contributed by atoms with Gasteiger partial charge in [-0.2, -0.15) is 5.10 Å². The third-order valence-corrected chi connectivity index (χ3v) is 2.32. The molecule has 0 N–H and O–H groups in total. The van der Waals surface area contributed by atoms with Gasteiger partial charge in [-0.3, -0.25) is 4.79 Å². The van der Waals surface area contributed by atoms with E-state index < -0.39 is 5.82 Å². The van der Waals surface area contributed by atoms with Gasteiger partial charge in [0, 0.05) is 11.8 Å². The number of aromatic nitrogens is 2. The Balaban J connectivity index is 2.57. The maximum absolute atomic E-state index is 12.9. The number of benzene rings is 1. The van der Waals surface area contributed by atoms with E-state index in [1.165, 1.54) is 22.9 Å². The molecule has 2 rings (SSSR count). The highest BCUT2D eigenvalue weighted by atomic mass is 79.9. The van der Waals surface area contributed by atoms with Gasteiger partial charge in [0.1, 0.15) is 5.82 Å². The zero-order valence-corrected chi connectivity index (χ0v) is 9.11. The van der Waals surface area contributed by atoms with E-state index in [9.17, 15) is 9.18 Å². The van der Waals surface area contributed by atoms with Gasteiger partial charge in [0.2, 0.25) is 0 Å². The normalized spacial score (nSPS) is 10.3. The molecule has 0 atom stereocenters. The second kappa shape index (κ2) is 3.94. The fourth-order valence-corrected chi connectivity index (χ4v) is 1.55. The van der Waals surface area contributed by atoms with Crippen molar-refractivity contribution in [3.05, 3.63) is 46.4 Å². The van der Waals surface area contributed by atoms with E-state index in [0.29, 0.717) is 12.0 Å². The van der Waals surface area contributed by atoms with Crippen LogP contribution in [0.1, 0.15) is 10.4 Å². The Morgan fingerprint density at radius 3 is 2.87 bits per heavy atom. The number of hydrogen-bond acceptors (Lipinski definition) is 2. The average Bonchev–Trinajstić information content (AvgIpc) is 2.64. The summed E-state index contributed by atoms with van der Waals surface area (Å²) in [6.07, 6.45) is 3.90. The topological polar surface area (TPSA) is 34.9 Å². The predicted octanol–water partition coefficient (Wildman–Crippen LogP) is 2.59. The lowest BCUT2D eigenvalue weighted by Gasteiger charge is -2.03. The van der Waals surface area contributed by atoms with Crippen LogP contribution in [0.15, 0.2) is 35.1 Å². The van der Waals surface area contributed by atoms with E-state index in [0.717, 1.165) is 4.47 Å². The average molecular weight is 269 g/mol. The molecule has 1 heterocycles. The molecule has 0 aliphatic rings. The molecule has 5 heteroatoms. The molecule has 0 spiro atoms. The highest BCUT2D eigenvalue weighted by Gasteiger charge is 2.06. The lowest BCUT2D eigenvalue weighted by Crippen LogP contribution is -1.99.